The summed E-state index contributed by atoms with van der Waals surface area (Å²) in [5.74, 6) is -0.866. The fraction of sp³-hybridized carbons (Fsp3) is 0.182. The van der Waals surface area contributed by atoms with Crippen LogP contribution in [0.25, 0.3) is 0 Å². The van der Waals surface area contributed by atoms with Crippen molar-refractivity contribution in [2.24, 2.45) is 0 Å². The molecule has 2 rings (SSSR count). The summed E-state index contributed by atoms with van der Waals surface area (Å²) in [5, 5.41) is 13.9. The SMILES string of the molecule is O=C(O)c1sccc1CNCc1ccoc1. The molecule has 5 heteroatoms. The predicted molar refractivity (Wildman–Crippen MR) is 60.5 cm³/mol. The van der Waals surface area contributed by atoms with Crippen molar-refractivity contribution in [1.82, 2.24) is 5.32 Å². The Morgan fingerprint density at radius 1 is 1.44 bits per heavy atom. The Labute approximate surface area is 96.5 Å². The molecule has 0 aliphatic rings. The lowest BCUT2D eigenvalue weighted by Gasteiger charge is -2.02. The Morgan fingerprint density at radius 3 is 3.00 bits per heavy atom. The normalized spacial score (nSPS) is 10.5. The lowest BCUT2D eigenvalue weighted by Crippen LogP contribution is -2.13. The number of rotatable bonds is 5. The second kappa shape index (κ2) is 4.96. The summed E-state index contributed by atoms with van der Waals surface area (Å²) in [4.78, 5) is 11.2. The van der Waals surface area contributed by atoms with E-state index in [0.717, 1.165) is 11.1 Å². The minimum atomic E-state index is -0.866. The second-order valence-corrected chi connectivity index (χ2v) is 4.23. The Kier molecular flexibility index (Phi) is 3.38. The van der Waals surface area contributed by atoms with E-state index in [-0.39, 0.29) is 0 Å². The van der Waals surface area contributed by atoms with Crippen LogP contribution < -0.4 is 5.32 Å². The van der Waals surface area contributed by atoms with E-state index in [0.29, 0.717) is 18.0 Å². The van der Waals surface area contributed by atoms with Crippen LogP contribution in [0.2, 0.25) is 0 Å². The van der Waals surface area contributed by atoms with E-state index in [1.807, 2.05) is 12.1 Å². The van der Waals surface area contributed by atoms with Gasteiger partial charge in [0.2, 0.25) is 0 Å². The van der Waals surface area contributed by atoms with E-state index >= 15 is 0 Å². The number of carboxylic acids is 1. The van der Waals surface area contributed by atoms with Crippen molar-refractivity contribution in [3.63, 3.8) is 0 Å². The molecule has 0 bridgehead atoms. The van der Waals surface area contributed by atoms with Crippen LogP contribution in [0.5, 0.6) is 0 Å². The lowest BCUT2D eigenvalue weighted by molar-refractivity contribution is 0.0701. The van der Waals surface area contributed by atoms with Gasteiger partial charge < -0.3 is 14.8 Å². The molecule has 2 aromatic rings. The summed E-state index contributed by atoms with van der Waals surface area (Å²) < 4.78 is 4.93. The molecule has 0 saturated heterocycles. The zero-order chi connectivity index (χ0) is 11.4. The number of hydrogen-bond donors (Lipinski definition) is 2. The van der Waals surface area contributed by atoms with Gasteiger partial charge in [0.1, 0.15) is 4.88 Å². The van der Waals surface area contributed by atoms with Crippen LogP contribution in [0.3, 0.4) is 0 Å². The van der Waals surface area contributed by atoms with Crippen LogP contribution in [0, 0.1) is 0 Å². The van der Waals surface area contributed by atoms with E-state index in [2.05, 4.69) is 5.32 Å². The van der Waals surface area contributed by atoms with Crippen molar-refractivity contribution in [3.8, 4) is 0 Å². The molecule has 84 valence electrons. The summed E-state index contributed by atoms with van der Waals surface area (Å²) in [7, 11) is 0. The van der Waals surface area contributed by atoms with E-state index in [4.69, 9.17) is 9.52 Å². The highest BCUT2D eigenvalue weighted by Crippen LogP contribution is 2.16. The van der Waals surface area contributed by atoms with E-state index in [9.17, 15) is 4.79 Å². The van der Waals surface area contributed by atoms with Gasteiger partial charge in [-0.05, 0) is 23.1 Å². The molecular weight excluding hydrogens is 226 g/mol. The van der Waals surface area contributed by atoms with Crippen molar-refractivity contribution in [2.75, 3.05) is 0 Å². The monoisotopic (exact) mass is 237 g/mol. The number of carboxylic acid groups (broad SMARTS) is 1. The fourth-order valence-electron chi connectivity index (χ4n) is 1.40. The third-order valence-corrected chi connectivity index (χ3v) is 3.11. The fourth-order valence-corrected chi connectivity index (χ4v) is 2.16. The van der Waals surface area contributed by atoms with Crippen LogP contribution in [0.1, 0.15) is 20.8 Å². The number of carbonyl (C=O) groups is 1. The maximum Gasteiger partial charge on any atom is 0.346 e. The number of thiophene rings is 1. The molecule has 2 N–H and O–H groups in total. The van der Waals surface area contributed by atoms with Gasteiger partial charge in [-0.2, -0.15) is 0 Å². The van der Waals surface area contributed by atoms with Crippen LogP contribution in [0.4, 0.5) is 0 Å². The molecule has 0 unspecified atom stereocenters. The molecule has 0 radical (unpaired) electrons. The van der Waals surface area contributed by atoms with Gasteiger partial charge in [0.25, 0.3) is 0 Å². The lowest BCUT2D eigenvalue weighted by atomic mass is 10.2. The van der Waals surface area contributed by atoms with Gasteiger partial charge >= 0.3 is 5.97 Å². The quantitative estimate of drug-likeness (QED) is 0.837. The maximum absolute atomic E-state index is 10.8. The summed E-state index contributed by atoms with van der Waals surface area (Å²) in [6.45, 7) is 1.22. The molecule has 4 nitrogen and oxygen atoms in total. The minimum absolute atomic E-state index is 0.402. The van der Waals surface area contributed by atoms with Crippen LogP contribution >= 0.6 is 11.3 Å². The van der Waals surface area contributed by atoms with Gasteiger partial charge in [-0.25, -0.2) is 4.79 Å². The second-order valence-electron chi connectivity index (χ2n) is 3.32. The molecule has 16 heavy (non-hydrogen) atoms. The zero-order valence-corrected chi connectivity index (χ0v) is 9.29. The summed E-state index contributed by atoms with van der Waals surface area (Å²) in [5.41, 5.74) is 1.87. The average Bonchev–Trinajstić information content (AvgIpc) is 2.87. The molecule has 0 atom stereocenters. The maximum atomic E-state index is 10.8. The van der Waals surface area contributed by atoms with Crippen molar-refractivity contribution >= 4 is 17.3 Å². The Bertz CT molecular complexity index is 461. The predicted octanol–water partition coefficient (Wildman–Crippen LogP) is 2.33. The van der Waals surface area contributed by atoms with Crippen LogP contribution in [-0.2, 0) is 13.1 Å². The van der Waals surface area contributed by atoms with Gasteiger partial charge in [-0.3, -0.25) is 0 Å². The molecule has 0 aliphatic carbocycles. The molecule has 0 fully saturated rings. The van der Waals surface area contributed by atoms with Gasteiger partial charge in [0.15, 0.2) is 0 Å². The molecule has 0 spiro atoms. The third-order valence-electron chi connectivity index (χ3n) is 2.17. The Hall–Kier alpha value is -1.59. The Morgan fingerprint density at radius 2 is 2.31 bits per heavy atom. The van der Waals surface area contributed by atoms with Gasteiger partial charge in [-0.1, -0.05) is 0 Å². The third kappa shape index (κ3) is 2.50. The summed E-state index contributed by atoms with van der Waals surface area (Å²) in [6.07, 6.45) is 3.28. The summed E-state index contributed by atoms with van der Waals surface area (Å²) >= 11 is 1.25. The molecule has 0 aliphatic heterocycles. The van der Waals surface area contributed by atoms with Crippen molar-refractivity contribution in [2.45, 2.75) is 13.1 Å². The standard InChI is InChI=1S/C11H11NO3S/c13-11(14)10-9(2-4-16-10)6-12-5-8-1-3-15-7-8/h1-4,7,12H,5-6H2,(H,13,14). The highest BCUT2D eigenvalue weighted by atomic mass is 32.1. The molecule has 2 heterocycles. The number of hydrogen-bond acceptors (Lipinski definition) is 4. The molecule has 0 saturated carbocycles. The summed E-state index contributed by atoms with van der Waals surface area (Å²) in [6, 6.07) is 3.70. The molecule has 0 amide bonds. The van der Waals surface area contributed by atoms with Crippen molar-refractivity contribution in [3.05, 3.63) is 46.0 Å². The van der Waals surface area contributed by atoms with Crippen LogP contribution in [-0.4, -0.2) is 11.1 Å². The largest absolute Gasteiger partial charge is 0.477 e. The van der Waals surface area contributed by atoms with E-state index in [1.54, 1.807) is 17.9 Å². The van der Waals surface area contributed by atoms with Crippen LogP contribution in [0.15, 0.2) is 34.5 Å². The van der Waals surface area contributed by atoms with E-state index < -0.39 is 5.97 Å². The smallest absolute Gasteiger partial charge is 0.346 e. The highest BCUT2D eigenvalue weighted by Gasteiger charge is 2.10. The van der Waals surface area contributed by atoms with Crippen molar-refractivity contribution < 1.29 is 14.3 Å². The average molecular weight is 237 g/mol. The highest BCUT2D eigenvalue weighted by molar-refractivity contribution is 7.12. The topological polar surface area (TPSA) is 62.5 Å². The minimum Gasteiger partial charge on any atom is -0.477 e. The van der Waals surface area contributed by atoms with Gasteiger partial charge in [0, 0.05) is 18.7 Å². The van der Waals surface area contributed by atoms with E-state index in [1.165, 1.54) is 11.3 Å². The Balaban J connectivity index is 1.90. The first kappa shape index (κ1) is 10.9. The molecule has 0 aromatic carbocycles. The first-order chi connectivity index (χ1) is 7.77. The first-order valence-corrected chi connectivity index (χ1v) is 5.67. The molecular formula is C11H11NO3S. The molecule has 2 aromatic heterocycles. The van der Waals surface area contributed by atoms with Gasteiger partial charge in [-0.15, -0.1) is 11.3 Å². The first-order valence-electron chi connectivity index (χ1n) is 4.79. The number of furan rings is 1. The number of nitrogens with one attached hydrogen (secondary N) is 1. The zero-order valence-electron chi connectivity index (χ0n) is 8.47. The van der Waals surface area contributed by atoms with Gasteiger partial charge in [0.05, 0.1) is 12.5 Å². The number of aromatic carboxylic acids is 1. The van der Waals surface area contributed by atoms with Crippen molar-refractivity contribution in [1.29, 1.82) is 0 Å².